The first-order valence-electron chi connectivity index (χ1n) is 10.9. The summed E-state index contributed by atoms with van der Waals surface area (Å²) >= 11 is 0. The molecule has 1 saturated heterocycles. The lowest BCUT2D eigenvalue weighted by molar-refractivity contribution is -0.122. The molecule has 1 aliphatic heterocycles. The van der Waals surface area contributed by atoms with Crippen molar-refractivity contribution in [2.45, 2.75) is 39.2 Å². The van der Waals surface area contributed by atoms with Crippen LogP contribution in [0.5, 0.6) is 0 Å². The molecule has 2 aromatic rings. The van der Waals surface area contributed by atoms with Gasteiger partial charge in [-0.05, 0) is 48.2 Å². The molecule has 3 amide bonds. The molecule has 1 heterocycles. The summed E-state index contributed by atoms with van der Waals surface area (Å²) in [6.07, 6.45) is 0.624. The summed E-state index contributed by atoms with van der Waals surface area (Å²) < 4.78 is 0. The van der Waals surface area contributed by atoms with E-state index in [1.807, 2.05) is 30.3 Å². The number of carbonyl (C=O) groups excluding carboxylic acids is 3. The van der Waals surface area contributed by atoms with Gasteiger partial charge in [-0.2, -0.15) is 0 Å². The first-order chi connectivity index (χ1) is 15.8. The molecule has 0 unspecified atom stereocenters. The van der Waals surface area contributed by atoms with Crippen molar-refractivity contribution >= 4 is 23.4 Å². The second-order valence-electron chi connectivity index (χ2n) is 8.25. The van der Waals surface area contributed by atoms with Crippen LogP contribution in [-0.2, 0) is 14.4 Å². The first-order valence-corrected chi connectivity index (χ1v) is 10.9. The van der Waals surface area contributed by atoms with E-state index in [2.05, 4.69) is 36.5 Å². The molecule has 0 radical (unpaired) electrons. The van der Waals surface area contributed by atoms with E-state index in [1.54, 1.807) is 4.90 Å². The summed E-state index contributed by atoms with van der Waals surface area (Å²) in [5, 5.41) is 6.67. The lowest BCUT2D eigenvalue weighted by atomic mass is 9.95. The number of rotatable bonds is 8. The fourth-order valence-corrected chi connectivity index (χ4v) is 4.21. The van der Waals surface area contributed by atoms with Crippen LogP contribution in [0.15, 0.2) is 47.6 Å². The minimum absolute atomic E-state index is 0.0716. The van der Waals surface area contributed by atoms with Crippen molar-refractivity contribution in [3.8, 4) is 11.1 Å². The minimum atomic E-state index is -0.480. The monoisotopic (exact) mass is 450 g/mol. The van der Waals surface area contributed by atoms with Crippen molar-refractivity contribution in [3.05, 3.63) is 59.2 Å². The summed E-state index contributed by atoms with van der Waals surface area (Å²) in [7, 11) is 1.45. The number of aryl methyl sites for hydroxylation is 2. The summed E-state index contributed by atoms with van der Waals surface area (Å²) in [6.45, 7) is 4.61. The molecular formula is C25H30N4O4. The number of nitrogens with one attached hydrogen (secondary N) is 1. The predicted octanol–water partition coefficient (Wildman–Crippen LogP) is 2.57. The van der Waals surface area contributed by atoms with Gasteiger partial charge in [0.05, 0.1) is 12.3 Å². The van der Waals surface area contributed by atoms with E-state index in [0.29, 0.717) is 24.2 Å². The van der Waals surface area contributed by atoms with Gasteiger partial charge in [0.1, 0.15) is 7.11 Å². The highest BCUT2D eigenvalue weighted by Crippen LogP contribution is 2.28. The number of primary amides is 1. The third-order valence-corrected chi connectivity index (χ3v) is 5.76. The fourth-order valence-electron chi connectivity index (χ4n) is 4.21. The van der Waals surface area contributed by atoms with Crippen LogP contribution < -0.4 is 11.1 Å². The molecule has 8 nitrogen and oxygen atoms in total. The predicted molar refractivity (Wildman–Crippen MR) is 127 cm³/mol. The summed E-state index contributed by atoms with van der Waals surface area (Å²) in [5.41, 5.74) is 10.9. The van der Waals surface area contributed by atoms with Crippen molar-refractivity contribution in [1.82, 2.24) is 10.2 Å². The Morgan fingerprint density at radius 1 is 1.12 bits per heavy atom. The highest BCUT2D eigenvalue weighted by atomic mass is 16.6. The van der Waals surface area contributed by atoms with Crippen LogP contribution in [0.3, 0.4) is 0 Å². The molecular weight excluding hydrogens is 420 g/mol. The van der Waals surface area contributed by atoms with Crippen LogP contribution in [0.2, 0.25) is 0 Å². The van der Waals surface area contributed by atoms with Crippen molar-refractivity contribution < 1.29 is 19.2 Å². The Kier molecular flexibility index (Phi) is 7.82. The average Bonchev–Trinajstić information content (AvgIpc) is 3.15. The quantitative estimate of drug-likeness (QED) is 0.602. The van der Waals surface area contributed by atoms with E-state index in [-0.39, 0.29) is 37.2 Å². The van der Waals surface area contributed by atoms with Crippen LogP contribution in [0, 0.1) is 13.8 Å². The summed E-state index contributed by atoms with van der Waals surface area (Å²) in [6, 6.07) is 13.4. The molecule has 0 aromatic heterocycles. The molecule has 1 fully saturated rings. The zero-order valence-corrected chi connectivity index (χ0v) is 19.3. The molecule has 0 saturated carbocycles. The molecule has 1 atom stereocenters. The number of benzene rings is 2. The fraction of sp³-hybridized carbons (Fsp3) is 0.360. The molecule has 0 bridgehead atoms. The van der Waals surface area contributed by atoms with Crippen LogP contribution in [0.4, 0.5) is 0 Å². The first kappa shape index (κ1) is 24.0. The smallest absolute Gasteiger partial charge is 0.254 e. The lowest BCUT2D eigenvalue weighted by Crippen LogP contribution is -2.39. The van der Waals surface area contributed by atoms with Gasteiger partial charge in [-0.1, -0.05) is 35.5 Å². The Labute approximate surface area is 193 Å². The summed E-state index contributed by atoms with van der Waals surface area (Å²) in [5.74, 6) is -0.894. The maximum Gasteiger partial charge on any atom is 0.254 e. The van der Waals surface area contributed by atoms with Crippen LogP contribution in [-0.4, -0.2) is 54.6 Å². The van der Waals surface area contributed by atoms with Crippen LogP contribution in [0.25, 0.3) is 11.1 Å². The van der Waals surface area contributed by atoms with Gasteiger partial charge in [0, 0.05) is 37.4 Å². The van der Waals surface area contributed by atoms with Gasteiger partial charge >= 0.3 is 0 Å². The summed E-state index contributed by atoms with van der Waals surface area (Å²) in [4.78, 5) is 43.1. The van der Waals surface area contributed by atoms with Gasteiger partial charge in [0.15, 0.2) is 0 Å². The maximum absolute atomic E-state index is 13.3. The van der Waals surface area contributed by atoms with Crippen molar-refractivity contribution in [1.29, 1.82) is 0 Å². The van der Waals surface area contributed by atoms with E-state index in [9.17, 15) is 14.4 Å². The second-order valence-corrected chi connectivity index (χ2v) is 8.25. The van der Waals surface area contributed by atoms with Crippen molar-refractivity contribution in [2.24, 2.45) is 10.9 Å². The maximum atomic E-state index is 13.3. The van der Waals surface area contributed by atoms with Crippen LogP contribution >= 0.6 is 0 Å². The Balaban J connectivity index is 1.76. The highest BCUT2D eigenvalue weighted by molar-refractivity contribution is 6.01. The Morgan fingerprint density at radius 3 is 2.39 bits per heavy atom. The van der Waals surface area contributed by atoms with E-state index in [1.165, 1.54) is 18.2 Å². The van der Waals surface area contributed by atoms with Crippen molar-refractivity contribution in [3.63, 3.8) is 0 Å². The number of hydrogen-bond acceptors (Lipinski definition) is 5. The van der Waals surface area contributed by atoms with E-state index in [0.717, 1.165) is 11.1 Å². The molecule has 174 valence electrons. The molecule has 3 rings (SSSR count). The van der Waals surface area contributed by atoms with Gasteiger partial charge < -0.3 is 20.8 Å². The SMILES string of the molecule is CON=C1C[C@@H](CC(=O)NCCC(N)=O)N(C(=O)c2ccc(-c3c(C)cccc3C)cc2)C1. The van der Waals surface area contributed by atoms with Gasteiger partial charge in [-0.25, -0.2) is 0 Å². The molecule has 2 aromatic carbocycles. The molecule has 1 aliphatic rings. The molecule has 8 heteroatoms. The third kappa shape index (κ3) is 5.97. The average molecular weight is 451 g/mol. The van der Waals surface area contributed by atoms with Gasteiger partial charge in [-0.3, -0.25) is 14.4 Å². The van der Waals surface area contributed by atoms with Crippen LogP contribution in [0.1, 0.15) is 40.7 Å². The third-order valence-electron chi connectivity index (χ3n) is 5.76. The lowest BCUT2D eigenvalue weighted by Gasteiger charge is -2.24. The largest absolute Gasteiger partial charge is 0.399 e. The number of carbonyl (C=O) groups is 3. The Morgan fingerprint density at radius 2 is 1.79 bits per heavy atom. The number of oxime groups is 1. The van der Waals surface area contributed by atoms with Gasteiger partial charge in [-0.15, -0.1) is 0 Å². The van der Waals surface area contributed by atoms with Gasteiger partial charge in [0.25, 0.3) is 5.91 Å². The molecule has 3 N–H and O–H groups in total. The topological polar surface area (TPSA) is 114 Å². The Hall–Kier alpha value is -3.68. The number of nitrogens with two attached hydrogens (primary N) is 1. The van der Waals surface area contributed by atoms with E-state index < -0.39 is 5.91 Å². The zero-order chi connectivity index (χ0) is 24.0. The number of hydrogen-bond donors (Lipinski definition) is 2. The number of amides is 3. The normalized spacial score (nSPS) is 16.6. The number of nitrogens with zero attached hydrogens (tertiary/aromatic N) is 2. The van der Waals surface area contributed by atoms with Gasteiger partial charge in [0.2, 0.25) is 11.8 Å². The number of likely N-dealkylation sites (tertiary alicyclic amines) is 1. The molecule has 0 spiro atoms. The van der Waals surface area contributed by atoms with E-state index >= 15 is 0 Å². The minimum Gasteiger partial charge on any atom is -0.399 e. The van der Waals surface area contributed by atoms with E-state index in [4.69, 9.17) is 10.6 Å². The highest BCUT2D eigenvalue weighted by Gasteiger charge is 2.35. The van der Waals surface area contributed by atoms with Crippen molar-refractivity contribution in [2.75, 3.05) is 20.2 Å². The zero-order valence-electron chi connectivity index (χ0n) is 19.3. The molecule has 0 aliphatic carbocycles. The standard InChI is InChI=1S/C25H30N4O4/c1-16-5-4-6-17(2)24(16)18-7-9-19(10-8-18)25(32)29-15-20(28-33-3)13-21(29)14-23(31)27-12-11-22(26)30/h4-10,21H,11-15H2,1-3H3,(H2,26,30)(H,27,31)/t21-/m0/s1. The molecule has 33 heavy (non-hydrogen) atoms. The Bertz CT molecular complexity index is 1040. The second kappa shape index (κ2) is 10.8.